The molecule has 0 radical (unpaired) electrons. The standard InChI is InChI=1S/C31H49F6O10P/c1-19(2)6-5-7-21-10-22-9-8-20(3)27(45-22)14-23(41-4)11-24-12-25(13-26(44-24)15-28(38)46-21)47-29(39)16-48(40,42-17-30(32,33)34)43-18-31(35,36)37/h5,7,19-28,38H,6,8-18H2,1-4H3/b7-5+/t20-,21-,22-,23+,24+,25+,26+,27+,28?/m0/s1. The van der Waals surface area contributed by atoms with Crippen LogP contribution >= 0.6 is 7.60 Å². The van der Waals surface area contributed by atoms with Crippen LogP contribution in [0.25, 0.3) is 0 Å². The molecule has 48 heavy (non-hydrogen) atoms. The van der Waals surface area contributed by atoms with Gasteiger partial charge in [-0.15, -0.1) is 0 Å². The highest BCUT2D eigenvalue weighted by Gasteiger charge is 2.42. The number of hydrogen-bond acceptors (Lipinski definition) is 10. The number of aliphatic hydroxyl groups excluding tert-OH is 1. The maximum Gasteiger partial charge on any atom is 0.412 e. The Morgan fingerprint density at radius 3 is 2.06 bits per heavy atom. The third kappa shape index (κ3) is 15.3. The Bertz CT molecular complexity index is 1050. The average molecular weight is 727 g/mol. The molecule has 3 aliphatic heterocycles. The number of allylic oxidation sites excluding steroid dienone is 1. The van der Waals surface area contributed by atoms with Crippen molar-refractivity contribution in [3.05, 3.63) is 12.2 Å². The van der Waals surface area contributed by atoms with E-state index in [0.717, 1.165) is 19.3 Å². The van der Waals surface area contributed by atoms with Crippen LogP contribution in [0, 0.1) is 11.8 Å². The zero-order valence-electron chi connectivity index (χ0n) is 27.7. The van der Waals surface area contributed by atoms with Gasteiger partial charge in [-0.1, -0.05) is 32.9 Å². The van der Waals surface area contributed by atoms with Crippen molar-refractivity contribution >= 4 is 13.6 Å². The number of esters is 1. The fraction of sp³-hybridized carbons (Fsp3) is 0.903. The quantitative estimate of drug-likeness (QED) is 0.105. The van der Waals surface area contributed by atoms with E-state index in [-0.39, 0.29) is 43.5 Å². The zero-order chi connectivity index (χ0) is 35.7. The van der Waals surface area contributed by atoms with Gasteiger partial charge in [-0.2, -0.15) is 26.3 Å². The van der Waals surface area contributed by atoms with Gasteiger partial charge in [-0.25, -0.2) is 0 Å². The van der Waals surface area contributed by atoms with Gasteiger partial charge in [-0.05, 0) is 37.5 Å². The first-order chi connectivity index (χ1) is 22.3. The maximum absolute atomic E-state index is 12.8. The van der Waals surface area contributed by atoms with E-state index in [1.807, 2.05) is 12.2 Å². The molecule has 9 atom stereocenters. The minimum Gasteiger partial charge on any atom is -0.462 e. The summed E-state index contributed by atoms with van der Waals surface area (Å²) in [5.74, 6) is -0.704. The van der Waals surface area contributed by atoms with Crippen molar-refractivity contribution in [3.8, 4) is 0 Å². The summed E-state index contributed by atoms with van der Waals surface area (Å²) >= 11 is 0. The van der Waals surface area contributed by atoms with Crippen LogP contribution in [0.1, 0.15) is 78.6 Å². The van der Waals surface area contributed by atoms with Crippen molar-refractivity contribution in [1.82, 2.24) is 0 Å². The second-order valence-corrected chi connectivity index (χ2v) is 15.4. The number of hydrogen-bond donors (Lipinski definition) is 1. The topological polar surface area (TPSA) is 119 Å². The van der Waals surface area contributed by atoms with Crippen molar-refractivity contribution in [2.24, 2.45) is 11.8 Å². The summed E-state index contributed by atoms with van der Waals surface area (Å²) in [6.07, 6.45) is -8.05. The second-order valence-electron chi connectivity index (χ2n) is 13.3. The van der Waals surface area contributed by atoms with Crippen LogP contribution in [0.2, 0.25) is 0 Å². The number of rotatable bonds is 11. The summed E-state index contributed by atoms with van der Waals surface area (Å²) in [5, 5.41) is 11.0. The van der Waals surface area contributed by atoms with Gasteiger partial charge in [0.05, 0.1) is 36.6 Å². The maximum atomic E-state index is 12.8. The zero-order valence-corrected chi connectivity index (χ0v) is 28.6. The molecule has 0 spiro atoms. The largest absolute Gasteiger partial charge is 0.462 e. The fourth-order valence-corrected chi connectivity index (χ4v) is 7.46. The number of fused-ring (bicyclic) bond motifs is 4. The van der Waals surface area contributed by atoms with E-state index in [0.29, 0.717) is 25.2 Å². The van der Waals surface area contributed by atoms with Crippen molar-refractivity contribution in [2.75, 3.05) is 26.5 Å². The Labute approximate surface area is 277 Å². The minimum absolute atomic E-state index is 0.0240. The Kier molecular flexibility index (Phi) is 15.7. The molecule has 0 aromatic heterocycles. The molecule has 17 heteroatoms. The molecule has 0 amide bonds. The number of alkyl halides is 6. The first kappa shape index (κ1) is 41.2. The Balaban J connectivity index is 1.78. The third-order valence-electron chi connectivity index (χ3n) is 8.46. The van der Waals surface area contributed by atoms with Gasteiger partial charge in [0.25, 0.3) is 0 Å². The molecule has 3 aliphatic rings. The number of carbonyl (C=O) groups excluding carboxylic acids is 1. The summed E-state index contributed by atoms with van der Waals surface area (Å²) in [7, 11) is -3.66. The highest BCUT2D eigenvalue weighted by Crippen LogP contribution is 2.50. The van der Waals surface area contributed by atoms with Gasteiger partial charge in [0.1, 0.15) is 12.3 Å². The molecule has 1 N–H and O–H groups in total. The highest BCUT2D eigenvalue weighted by atomic mass is 31.2. The molecular formula is C31H49F6O10P. The average Bonchev–Trinajstić information content (AvgIpc) is 2.95. The number of ether oxygens (including phenoxy) is 5. The Hall–Kier alpha value is -1.26. The van der Waals surface area contributed by atoms with Crippen molar-refractivity contribution in [1.29, 1.82) is 0 Å². The van der Waals surface area contributed by atoms with Gasteiger partial charge < -0.3 is 28.8 Å². The summed E-state index contributed by atoms with van der Waals surface area (Å²) < 4.78 is 128. The van der Waals surface area contributed by atoms with E-state index in [4.69, 9.17) is 23.7 Å². The molecular weight excluding hydrogens is 677 g/mol. The van der Waals surface area contributed by atoms with Crippen molar-refractivity contribution in [2.45, 2.75) is 140 Å². The fourth-order valence-electron chi connectivity index (χ4n) is 6.13. The van der Waals surface area contributed by atoms with E-state index in [1.54, 1.807) is 7.11 Å². The number of halogens is 6. The van der Waals surface area contributed by atoms with Crippen LogP contribution in [0.3, 0.4) is 0 Å². The molecule has 10 nitrogen and oxygen atoms in total. The molecule has 0 aromatic carbocycles. The van der Waals surface area contributed by atoms with Gasteiger partial charge in [0.2, 0.25) is 0 Å². The van der Waals surface area contributed by atoms with Crippen LogP contribution in [-0.4, -0.2) is 98.9 Å². The lowest BCUT2D eigenvalue weighted by atomic mass is 9.86. The lowest BCUT2D eigenvalue weighted by molar-refractivity contribution is -0.193. The van der Waals surface area contributed by atoms with E-state index in [9.17, 15) is 40.8 Å². The van der Waals surface area contributed by atoms with Crippen molar-refractivity contribution in [3.63, 3.8) is 0 Å². The SMILES string of the molecule is CO[C@@H]1C[C@@H]2C[C@@H](OC(=O)CP(=O)(OCC(F)(F)F)OCC(F)(F)F)C[C@H](CC(O)O[C@@H](/C=C/CC(C)C)C[C@@H]3CC[C@H](C)[C@@H](C1)O3)O2. The molecule has 280 valence electrons. The molecule has 3 heterocycles. The Morgan fingerprint density at radius 1 is 0.875 bits per heavy atom. The summed E-state index contributed by atoms with van der Waals surface area (Å²) in [6, 6.07) is 0. The lowest BCUT2D eigenvalue weighted by Crippen LogP contribution is -2.44. The highest BCUT2D eigenvalue weighted by molar-refractivity contribution is 7.54. The van der Waals surface area contributed by atoms with Crippen molar-refractivity contribution < 1.29 is 73.5 Å². The number of methoxy groups -OCH3 is 1. The van der Waals surface area contributed by atoms with Crippen LogP contribution in [-0.2, 0) is 42.1 Å². The first-order valence-electron chi connectivity index (χ1n) is 16.4. The van der Waals surface area contributed by atoms with Crippen LogP contribution in [0.15, 0.2) is 12.2 Å². The van der Waals surface area contributed by atoms with Crippen LogP contribution in [0.5, 0.6) is 0 Å². The van der Waals surface area contributed by atoms with Gasteiger partial charge in [0, 0.05) is 39.2 Å². The monoisotopic (exact) mass is 726 g/mol. The molecule has 1 unspecified atom stereocenters. The predicted molar refractivity (Wildman–Crippen MR) is 160 cm³/mol. The van der Waals surface area contributed by atoms with Gasteiger partial charge in [-0.3, -0.25) is 18.4 Å². The van der Waals surface area contributed by atoms with Gasteiger partial charge in [0.15, 0.2) is 19.5 Å². The molecule has 3 saturated heterocycles. The second kappa shape index (κ2) is 18.3. The van der Waals surface area contributed by atoms with E-state index >= 15 is 0 Å². The lowest BCUT2D eigenvalue weighted by Gasteiger charge is -2.40. The molecule has 0 aromatic rings. The third-order valence-corrected chi connectivity index (χ3v) is 10.1. The van der Waals surface area contributed by atoms with E-state index in [2.05, 4.69) is 29.8 Å². The summed E-state index contributed by atoms with van der Waals surface area (Å²) in [5.41, 5.74) is 0. The summed E-state index contributed by atoms with van der Waals surface area (Å²) in [6.45, 7) is 1.89. The number of aliphatic hydroxyl groups is 1. The number of carbonyl (C=O) groups is 1. The van der Waals surface area contributed by atoms with Crippen LogP contribution in [0.4, 0.5) is 26.3 Å². The Morgan fingerprint density at radius 2 is 1.48 bits per heavy atom. The van der Waals surface area contributed by atoms with Crippen LogP contribution < -0.4 is 0 Å². The molecule has 3 fully saturated rings. The molecule has 0 saturated carbocycles. The normalized spacial score (nSPS) is 33.0. The molecule has 4 bridgehead atoms. The van der Waals surface area contributed by atoms with Gasteiger partial charge >= 0.3 is 25.9 Å². The molecule has 3 rings (SSSR count). The predicted octanol–water partition coefficient (Wildman–Crippen LogP) is 6.88. The first-order valence-corrected chi connectivity index (χ1v) is 18.1. The smallest absolute Gasteiger partial charge is 0.412 e. The minimum atomic E-state index is -5.22. The summed E-state index contributed by atoms with van der Waals surface area (Å²) in [4.78, 5) is 12.8. The molecule has 0 aliphatic carbocycles. The van der Waals surface area contributed by atoms with E-state index in [1.165, 1.54) is 0 Å². The van der Waals surface area contributed by atoms with E-state index < -0.39 is 76.0 Å².